The Morgan fingerprint density at radius 2 is 2.00 bits per heavy atom. The lowest BCUT2D eigenvalue weighted by molar-refractivity contribution is 0.280. The van der Waals surface area contributed by atoms with E-state index in [2.05, 4.69) is 24.1 Å². The second-order valence-electron chi connectivity index (χ2n) is 6.11. The molecule has 0 spiro atoms. The molecular formula is C17H28N2O. The van der Waals surface area contributed by atoms with Crippen LogP contribution in [-0.2, 0) is 6.54 Å². The van der Waals surface area contributed by atoms with Gasteiger partial charge in [-0.15, -0.1) is 0 Å². The summed E-state index contributed by atoms with van der Waals surface area (Å²) in [6.07, 6.45) is 8.86. The van der Waals surface area contributed by atoms with Crippen LogP contribution in [0.2, 0.25) is 0 Å². The molecule has 1 heterocycles. The number of aromatic nitrogens is 1. The van der Waals surface area contributed by atoms with E-state index in [1.807, 2.05) is 13.1 Å². The first-order valence-electron chi connectivity index (χ1n) is 7.86. The first kappa shape index (κ1) is 15.3. The zero-order valence-electron chi connectivity index (χ0n) is 13.3. The third-order valence-electron chi connectivity index (χ3n) is 4.70. The molecule has 0 aromatic carbocycles. The normalized spacial score (nSPS) is 18.0. The number of methoxy groups -OCH3 is 1. The van der Waals surface area contributed by atoms with Crippen molar-refractivity contribution in [3.63, 3.8) is 0 Å². The Bertz CT molecular complexity index is 439. The lowest BCUT2D eigenvalue weighted by Crippen LogP contribution is -2.34. The summed E-state index contributed by atoms with van der Waals surface area (Å²) in [4.78, 5) is 4.56. The van der Waals surface area contributed by atoms with Gasteiger partial charge in [-0.25, -0.2) is 0 Å². The summed E-state index contributed by atoms with van der Waals surface area (Å²) in [5, 5.41) is 3.66. The molecule has 0 saturated heterocycles. The van der Waals surface area contributed by atoms with Gasteiger partial charge in [0.05, 0.1) is 12.8 Å². The van der Waals surface area contributed by atoms with Crippen molar-refractivity contribution >= 4 is 0 Å². The van der Waals surface area contributed by atoms with E-state index in [4.69, 9.17) is 4.74 Å². The van der Waals surface area contributed by atoms with Gasteiger partial charge < -0.3 is 10.1 Å². The van der Waals surface area contributed by atoms with Crippen LogP contribution in [0.3, 0.4) is 0 Å². The Labute approximate surface area is 123 Å². The summed E-state index contributed by atoms with van der Waals surface area (Å²) < 4.78 is 5.47. The van der Waals surface area contributed by atoms with Crippen molar-refractivity contribution in [2.75, 3.05) is 7.11 Å². The van der Waals surface area contributed by atoms with E-state index in [-0.39, 0.29) is 0 Å². The fraction of sp³-hybridized carbons (Fsp3) is 0.706. The molecule has 0 bridgehead atoms. The van der Waals surface area contributed by atoms with Gasteiger partial charge in [0, 0.05) is 29.9 Å². The summed E-state index contributed by atoms with van der Waals surface area (Å²) in [5.41, 5.74) is 3.38. The van der Waals surface area contributed by atoms with Crippen molar-refractivity contribution in [3.8, 4) is 5.75 Å². The molecule has 1 aliphatic rings. The molecule has 3 nitrogen and oxygen atoms in total. The molecule has 0 unspecified atom stereocenters. The Morgan fingerprint density at radius 3 is 2.65 bits per heavy atom. The second-order valence-corrected chi connectivity index (χ2v) is 6.11. The summed E-state index contributed by atoms with van der Waals surface area (Å²) in [5.74, 6) is 1.80. The molecule has 0 aliphatic heterocycles. The standard InChI is InChI=1S/C17H28N2O/c1-12-10-19-16(13(2)17(12)20-4)11-18-14(3)15-8-6-5-7-9-15/h10,14-15,18H,5-9,11H2,1-4H3/t14-/m1/s1. The highest BCUT2D eigenvalue weighted by Gasteiger charge is 2.20. The van der Waals surface area contributed by atoms with Crippen molar-refractivity contribution in [2.45, 2.75) is 65.5 Å². The van der Waals surface area contributed by atoms with Crippen molar-refractivity contribution in [1.82, 2.24) is 10.3 Å². The third kappa shape index (κ3) is 3.51. The number of aryl methyl sites for hydroxylation is 1. The predicted octanol–water partition coefficient (Wildman–Crippen LogP) is 3.77. The summed E-state index contributed by atoms with van der Waals surface area (Å²) in [7, 11) is 1.73. The number of pyridine rings is 1. The van der Waals surface area contributed by atoms with E-state index in [1.54, 1.807) is 7.11 Å². The molecule has 1 aromatic rings. The topological polar surface area (TPSA) is 34.1 Å². The molecule has 1 aliphatic carbocycles. The maximum absolute atomic E-state index is 5.47. The van der Waals surface area contributed by atoms with E-state index in [0.717, 1.165) is 35.0 Å². The summed E-state index contributed by atoms with van der Waals surface area (Å²) in [6.45, 7) is 7.29. The van der Waals surface area contributed by atoms with Crippen LogP contribution in [0.25, 0.3) is 0 Å². The Hall–Kier alpha value is -1.09. The van der Waals surface area contributed by atoms with Crippen LogP contribution in [0.1, 0.15) is 55.8 Å². The molecule has 20 heavy (non-hydrogen) atoms. The molecule has 3 heteroatoms. The van der Waals surface area contributed by atoms with Gasteiger partial charge in [0.25, 0.3) is 0 Å². The van der Waals surface area contributed by atoms with Crippen molar-refractivity contribution in [2.24, 2.45) is 5.92 Å². The minimum Gasteiger partial charge on any atom is -0.496 e. The number of rotatable bonds is 5. The number of ether oxygens (including phenoxy) is 1. The monoisotopic (exact) mass is 276 g/mol. The Balaban J connectivity index is 1.96. The summed E-state index contributed by atoms with van der Waals surface area (Å²) >= 11 is 0. The Kier molecular flexibility index (Phi) is 5.41. The molecule has 2 rings (SSSR count). The van der Waals surface area contributed by atoms with E-state index in [0.29, 0.717) is 6.04 Å². The first-order chi connectivity index (χ1) is 9.63. The van der Waals surface area contributed by atoms with E-state index in [1.165, 1.54) is 32.1 Å². The molecule has 1 N–H and O–H groups in total. The van der Waals surface area contributed by atoms with Gasteiger partial charge in [-0.05, 0) is 39.5 Å². The van der Waals surface area contributed by atoms with E-state index < -0.39 is 0 Å². The van der Waals surface area contributed by atoms with Crippen LogP contribution in [0.5, 0.6) is 5.75 Å². The molecule has 1 saturated carbocycles. The zero-order chi connectivity index (χ0) is 14.5. The molecule has 1 aromatic heterocycles. The second kappa shape index (κ2) is 7.07. The first-order valence-corrected chi connectivity index (χ1v) is 7.86. The zero-order valence-corrected chi connectivity index (χ0v) is 13.3. The highest BCUT2D eigenvalue weighted by Crippen LogP contribution is 2.27. The van der Waals surface area contributed by atoms with Crippen molar-refractivity contribution in [3.05, 3.63) is 23.0 Å². The predicted molar refractivity (Wildman–Crippen MR) is 83.1 cm³/mol. The maximum Gasteiger partial charge on any atom is 0.128 e. The lowest BCUT2D eigenvalue weighted by Gasteiger charge is -2.28. The van der Waals surface area contributed by atoms with Gasteiger partial charge in [0.15, 0.2) is 0 Å². The van der Waals surface area contributed by atoms with Gasteiger partial charge in [0.2, 0.25) is 0 Å². The quantitative estimate of drug-likeness (QED) is 0.889. The molecule has 112 valence electrons. The molecule has 0 amide bonds. The van der Waals surface area contributed by atoms with Gasteiger partial charge in [-0.1, -0.05) is 19.3 Å². The van der Waals surface area contributed by atoms with Crippen LogP contribution in [0, 0.1) is 19.8 Å². The number of hydrogen-bond acceptors (Lipinski definition) is 3. The van der Waals surface area contributed by atoms with Crippen LogP contribution >= 0.6 is 0 Å². The average Bonchev–Trinajstić information content (AvgIpc) is 2.47. The molecular weight excluding hydrogens is 248 g/mol. The SMILES string of the molecule is COc1c(C)cnc(CN[C@H](C)C2CCCCC2)c1C. The van der Waals surface area contributed by atoms with Crippen LogP contribution in [-0.4, -0.2) is 18.1 Å². The molecule has 0 radical (unpaired) electrons. The van der Waals surface area contributed by atoms with Gasteiger partial charge in [0.1, 0.15) is 5.75 Å². The smallest absolute Gasteiger partial charge is 0.128 e. The highest BCUT2D eigenvalue weighted by atomic mass is 16.5. The third-order valence-corrected chi connectivity index (χ3v) is 4.70. The summed E-state index contributed by atoms with van der Waals surface area (Å²) in [6, 6.07) is 0.573. The average molecular weight is 276 g/mol. The molecule has 1 atom stereocenters. The van der Waals surface area contributed by atoms with Gasteiger partial charge in [-0.3, -0.25) is 4.98 Å². The fourth-order valence-electron chi connectivity index (χ4n) is 3.31. The number of nitrogens with one attached hydrogen (secondary N) is 1. The van der Waals surface area contributed by atoms with Crippen LogP contribution in [0.4, 0.5) is 0 Å². The largest absolute Gasteiger partial charge is 0.496 e. The number of hydrogen-bond donors (Lipinski definition) is 1. The minimum atomic E-state index is 0.573. The van der Waals surface area contributed by atoms with Crippen molar-refractivity contribution in [1.29, 1.82) is 0 Å². The van der Waals surface area contributed by atoms with Gasteiger partial charge in [-0.2, -0.15) is 0 Å². The van der Waals surface area contributed by atoms with Crippen molar-refractivity contribution < 1.29 is 4.74 Å². The highest BCUT2D eigenvalue weighted by molar-refractivity contribution is 5.40. The van der Waals surface area contributed by atoms with Gasteiger partial charge >= 0.3 is 0 Å². The van der Waals surface area contributed by atoms with E-state index >= 15 is 0 Å². The minimum absolute atomic E-state index is 0.573. The van der Waals surface area contributed by atoms with Crippen LogP contribution in [0.15, 0.2) is 6.20 Å². The molecule has 1 fully saturated rings. The maximum atomic E-state index is 5.47. The fourth-order valence-corrected chi connectivity index (χ4v) is 3.31. The number of nitrogens with zero attached hydrogens (tertiary/aromatic N) is 1. The van der Waals surface area contributed by atoms with Crippen LogP contribution < -0.4 is 10.1 Å². The lowest BCUT2D eigenvalue weighted by atomic mass is 9.84. The van der Waals surface area contributed by atoms with E-state index in [9.17, 15) is 0 Å². The Morgan fingerprint density at radius 1 is 1.30 bits per heavy atom.